The van der Waals surface area contributed by atoms with Crippen molar-refractivity contribution in [1.82, 2.24) is 30.4 Å². The summed E-state index contributed by atoms with van der Waals surface area (Å²) in [6.45, 7) is 2.08. The van der Waals surface area contributed by atoms with Crippen LogP contribution < -0.4 is 39.4 Å². The van der Waals surface area contributed by atoms with E-state index in [1.807, 2.05) is 72.2 Å². The van der Waals surface area contributed by atoms with Crippen LogP contribution >= 0.6 is 0 Å². The van der Waals surface area contributed by atoms with Crippen molar-refractivity contribution < 1.29 is 18.9 Å². The molecule has 4 aromatic rings. The molecule has 0 saturated heterocycles. The monoisotopic (exact) mass is 534 g/mol. The number of H-pyrrole nitrogens is 2. The van der Waals surface area contributed by atoms with Crippen molar-refractivity contribution in [2.45, 2.75) is 19.3 Å². The Morgan fingerprint density at radius 1 is 0.769 bits per heavy atom. The molecule has 2 aliphatic rings. The zero-order valence-electron chi connectivity index (χ0n) is 21.9. The zero-order valence-corrected chi connectivity index (χ0v) is 21.9. The van der Waals surface area contributed by atoms with Crippen molar-refractivity contribution in [3.8, 4) is 23.0 Å². The van der Waals surface area contributed by atoms with E-state index in [2.05, 4.69) is 30.4 Å². The lowest BCUT2D eigenvalue weighted by atomic mass is 10.1. The smallest absolute Gasteiger partial charge is 0.258 e. The molecule has 2 aliphatic heterocycles. The van der Waals surface area contributed by atoms with Gasteiger partial charge < -0.3 is 39.4 Å². The molecule has 0 amide bonds. The number of ether oxygens (including phenoxy) is 4. The average Bonchev–Trinajstić information content (AvgIpc) is 3.73. The second-order valence-electron chi connectivity index (χ2n) is 9.55. The fourth-order valence-corrected chi connectivity index (χ4v) is 4.41. The third-order valence-corrected chi connectivity index (χ3v) is 6.58. The van der Waals surface area contributed by atoms with Gasteiger partial charge in [0, 0.05) is 34.2 Å². The number of aromatic nitrogens is 6. The van der Waals surface area contributed by atoms with Crippen LogP contribution in [0.4, 0.5) is 23.8 Å². The van der Waals surface area contributed by atoms with E-state index in [0.29, 0.717) is 36.9 Å². The number of likely N-dealkylation sites (N-methyl/N-ethyl adjacent to an activating group) is 2. The molecule has 1 atom stereocenters. The minimum Gasteiger partial charge on any atom is -0.454 e. The highest BCUT2D eigenvalue weighted by molar-refractivity contribution is 5.47. The van der Waals surface area contributed by atoms with Gasteiger partial charge in [-0.15, -0.1) is 20.4 Å². The van der Waals surface area contributed by atoms with Crippen LogP contribution in [-0.4, -0.2) is 77.7 Å². The van der Waals surface area contributed by atoms with Gasteiger partial charge in [-0.1, -0.05) is 12.1 Å². The van der Waals surface area contributed by atoms with Crippen LogP contribution in [-0.2, 0) is 13.0 Å². The van der Waals surface area contributed by atoms with Gasteiger partial charge in [-0.05, 0) is 41.8 Å². The van der Waals surface area contributed by atoms with Crippen molar-refractivity contribution in [2.75, 3.05) is 61.5 Å². The topological polar surface area (TPSA) is 156 Å². The molecule has 0 fully saturated rings. The average molecular weight is 535 g/mol. The second kappa shape index (κ2) is 10.1. The Labute approximate surface area is 224 Å². The Kier molecular flexibility index (Phi) is 6.34. The van der Waals surface area contributed by atoms with Gasteiger partial charge in [-0.25, -0.2) is 0 Å². The van der Waals surface area contributed by atoms with E-state index in [0.717, 1.165) is 47.1 Å². The first-order chi connectivity index (χ1) is 18.9. The molecule has 0 bridgehead atoms. The van der Waals surface area contributed by atoms with Crippen molar-refractivity contribution in [2.24, 2.45) is 0 Å². The van der Waals surface area contributed by atoms with Gasteiger partial charge >= 0.3 is 0 Å². The van der Waals surface area contributed by atoms with Crippen LogP contribution in [0, 0.1) is 0 Å². The summed E-state index contributed by atoms with van der Waals surface area (Å²) >= 11 is 0. The van der Waals surface area contributed by atoms with Crippen LogP contribution in [0.3, 0.4) is 0 Å². The maximum absolute atomic E-state index is 6.09. The summed E-state index contributed by atoms with van der Waals surface area (Å²) in [4.78, 5) is 12.1. The van der Waals surface area contributed by atoms with Crippen LogP contribution in [0.25, 0.3) is 0 Å². The Hall–Kier alpha value is -4.88. The van der Waals surface area contributed by atoms with Gasteiger partial charge in [0.05, 0.1) is 6.54 Å². The third-order valence-electron chi connectivity index (χ3n) is 6.58. The molecule has 0 radical (unpaired) electrons. The molecule has 4 heterocycles. The van der Waals surface area contributed by atoms with E-state index in [4.69, 9.17) is 24.7 Å². The molecule has 39 heavy (non-hydrogen) atoms. The Morgan fingerprint density at radius 3 is 2.26 bits per heavy atom. The summed E-state index contributed by atoms with van der Waals surface area (Å²) in [5.41, 5.74) is 7.82. The highest BCUT2D eigenvalue weighted by atomic mass is 16.7. The maximum Gasteiger partial charge on any atom is 0.258 e. The molecule has 14 nitrogen and oxygen atoms in total. The Morgan fingerprint density at radius 2 is 1.44 bits per heavy atom. The summed E-state index contributed by atoms with van der Waals surface area (Å²) in [6, 6.07) is 11.9. The SMILES string of the molecule is CN(CCc1ccc2c(c1)OC(CN(C)c1nnc(N(C)Cc3ccc4c(c3)OCO4)[nH]1)O2)c1nnc(N)[nH]1. The maximum atomic E-state index is 6.09. The van der Waals surface area contributed by atoms with Crippen molar-refractivity contribution >= 4 is 23.8 Å². The number of hydrogen-bond donors (Lipinski definition) is 3. The quantitative estimate of drug-likeness (QED) is 0.271. The molecule has 0 saturated carbocycles. The molecule has 14 heteroatoms. The molecule has 1 unspecified atom stereocenters. The Bertz CT molecular complexity index is 1460. The molecule has 2 aromatic heterocycles. The molecular weight excluding hydrogens is 504 g/mol. The predicted octanol–water partition coefficient (Wildman–Crippen LogP) is 1.78. The normalized spacial score (nSPS) is 15.0. The van der Waals surface area contributed by atoms with E-state index < -0.39 is 6.29 Å². The van der Waals surface area contributed by atoms with Gasteiger partial charge in [0.2, 0.25) is 30.6 Å². The number of anilines is 4. The van der Waals surface area contributed by atoms with Crippen molar-refractivity contribution in [3.05, 3.63) is 47.5 Å². The van der Waals surface area contributed by atoms with Gasteiger partial charge in [0.15, 0.2) is 23.0 Å². The summed E-state index contributed by atoms with van der Waals surface area (Å²) < 4.78 is 23.0. The largest absolute Gasteiger partial charge is 0.454 e. The molecule has 0 spiro atoms. The number of benzene rings is 2. The predicted molar refractivity (Wildman–Crippen MR) is 144 cm³/mol. The number of nitrogens with one attached hydrogen (secondary N) is 2. The second-order valence-corrected chi connectivity index (χ2v) is 9.55. The van der Waals surface area contributed by atoms with Crippen molar-refractivity contribution in [1.29, 1.82) is 0 Å². The first-order valence-electron chi connectivity index (χ1n) is 12.5. The van der Waals surface area contributed by atoms with Crippen LogP contribution in [0.1, 0.15) is 11.1 Å². The number of aromatic amines is 2. The van der Waals surface area contributed by atoms with E-state index in [1.54, 1.807) is 0 Å². The number of rotatable bonds is 10. The molecular formula is C25H30N10O4. The number of hydrogen-bond acceptors (Lipinski definition) is 12. The first kappa shape index (κ1) is 24.5. The number of fused-ring (bicyclic) bond motifs is 2. The Balaban J connectivity index is 1.02. The van der Waals surface area contributed by atoms with Gasteiger partial charge in [0.1, 0.15) is 0 Å². The highest BCUT2D eigenvalue weighted by Crippen LogP contribution is 2.36. The van der Waals surface area contributed by atoms with Gasteiger partial charge in [-0.2, -0.15) is 0 Å². The lowest BCUT2D eigenvalue weighted by Crippen LogP contribution is -2.35. The molecule has 6 rings (SSSR count). The van der Waals surface area contributed by atoms with Gasteiger partial charge in [0.25, 0.3) is 6.29 Å². The van der Waals surface area contributed by atoms with Crippen LogP contribution in [0.15, 0.2) is 36.4 Å². The summed E-state index contributed by atoms with van der Waals surface area (Å²) in [7, 11) is 5.79. The lowest BCUT2D eigenvalue weighted by molar-refractivity contribution is 0.0568. The minimum atomic E-state index is -0.472. The number of nitrogens with two attached hydrogens (primary N) is 1. The summed E-state index contributed by atoms with van der Waals surface area (Å²) in [5, 5.41) is 16.4. The third kappa shape index (κ3) is 5.26. The molecule has 0 aliphatic carbocycles. The lowest BCUT2D eigenvalue weighted by Gasteiger charge is -2.19. The first-order valence-corrected chi connectivity index (χ1v) is 12.5. The fraction of sp³-hybridized carbons (Fsp3) is 0.360. The summed E-state index contributed by atoms with van der Waals surface area (Å²) in [5.74, 6) is 5.15. The van der Waals surface area contributed by atoms with E-state index in [-0.39, 0.29) is 6.79 Å². The molecule has 2 aromatic carbocycles. The fourth-order valence-electron chi connectivity index (χ4n) is 4.41. The van der Waals surface area contributed by atoms with Crippen molar-refractivity contribution in [3.63, 3.8) is 0 Å². The van der Waals surface area contributed by atoms with E-state index in [9.17, 15) is 0 Å². The number of nitrogens with zero attached hydrogens (tertiary/aromatic N) is 7. The zero-order chi connectivity index (χ0) is 26.9. The van der Waals surface area contributed by atoms with Gasteiger partial charge in [-0.3, -0.25) is 9.97 Å². The standard InChI is InChI=1S/C25H30N10O4/c1-33(23-27-22(26)29-30-23)9-8-15-4-7-18-20(10-15)39-21(38-18)13-35(3)25-28-24(31-32-25)34(2)12-16-5-6-17-19(11-16)37-14-36-17/h4-7,10-11,21H,8-9,12-14H2,1-3H3,(H,28,31,32)(H3,26,27,29,30). The molecule has 4 N–H and O–H groups in total. The van der Waals surface area contributed by atoms with E-state index >= 15 is 0 Å². The number of nitrogen functional groups attached to an aromatic ring is 1. The van der Waals surface area contributed by atoms with Crippen LogP contribution in [0.5, 0.6) is 23.0 Å². The summed E-state index contributed by atoms with van der Waals surface area (Å²) in [6.07, 6.45) is 0.318. The van der Waals surface area contributed by atoms with E-state index in [1.165, 1.54) is 0 Å². The minimum absolute atomic E-state index is 0.256. The highest BCUT2D eigenvalue weighted by Gasteiger charge is 2.27. The molecule has 204 valence electrons. The van der Waals surface area contributed by atoms with Crippen LogP contribution in [0.2, 0.25) is 0 Å².